The van der Waals surface area contributed by atoms with Gasteiger partial charge in [0.15, 0.2) is 0 Å². The van der Waals surface area contributed by atoms with E-state index >= 15 is 0 Å². The van der Waals surface area contributed by atoms with Crippen LogP contribution in [-0.4, -0.2) is 0 Å². The first-order chi connectivity index (χ1) is 28.0. The zero-order chi connectivity index (χ0) is 38.1. The summed E-state index contributed by atoms with van der Waals surface area (Å²) in [5.74, 6) is 0.711. The summed E-state index contributed by atoms with van der Waals surface area (Å²) in [6.07, 6.45) is 6.75. The largest absolute Gasteiger partial charge is 0.309 e. The highest BCUT2D eigenvalue weighted by Crippen LogP contribution is 2.52. The van der Waals surface area contributed by atoms with Crippen LogP contribution in [0.5, 0.6) is 0 Å². The van der Waals surface area contributed by atoms with Crippen LogP contribution < -0.4 is 4.90 Å². The Labute approximate surface area is 339 Å². The number of benzene rings is 8. The smallest absolute Gasteiger partial charge is 0.0618 e. The zero-order valence-corrected chi connectivity index (χ0v) is 33.5. The SMILES string of the molecule is CC1(C)c2ccccc2-c2cc(N(c3ccc(-c4ccc(C5CCCCC5)cc4)cc3)c3c(-c4ccc5c(c4)sc4ccccc45)ccc4ccccc34)ccc21. The molecule has 9 aromatic rings. The molecule has 57 heavy (non-hydrogen) atoms. The molecular formula is C55H45NS. The quantitative estimate of drug-likeness (QED) is 0.164. The Hall–Kier alpha value is -5.96. The zero-order valence-electron chi connectivity index (χ0n) is 32.6. The van der Waals surface area contributed by atoms with Crippen molar-refractivity contribution < 1.29 is 0 Å². The number of fused-ring (bicyclic) bond motifs is 7. The van der Waals surface area contributed by atoms with Gasteiger partial charge in [-0.1, -0.05) is 167 Å². The van der Waals surface area contributed by atoms with Crippen molar-refractivity contribution in [3.05, 3.63) is 187 Å². The van der Waals surface area contributed by atoms with Gasteiger partial charge >= 0.3 is 0 Å². The molecular weight excluding hydrogens is 707 g/mol. The van der Waals surface area contributed by atoms with Crippen molar-refractivity contribution in [1.29, 1.82) is 0 Å². The van der Waals surface area contributed by atoms with E-state index in [2.05, 4.69) is 189 Å². The number of rotatable bonds is 6. The molecule has 0 aliphatic heterocycles. The van der Waals surface area contributed by atoms with Gasteiger partial charge in [-0.2, -0.15) is 0 Å². The molecule has 0 amide bonds. The van der Waals surface area contributed by atoms with Gasteiger partial charge in [0, 0.05) is 47.9 Å². The fraction of sp³-hybridized carbons (Fsp3) is 0.164. The van der Waals surface area contributed by atoms with Crippen LogP contribution in [0.4, 0.5) is 17.1 Å². The van der Waals surface area contributed by atoms with E-state index in [-0.39, 0.29) is 5.41 Å². The minimum Gasteiger partial charge on any atom is -0.309 e. The summed E-state index contributed by atoms with van der Waals surface area (Å²) in [5.41, 5.74) is 15.3. The maximum Gasteiger partial charge on any atom is 0.0618 e. The van der Waals surface area contributed by atoms with E-state index < -0.39 is 0 Å². The lowest BCUT2D eigenvalue weighted by atomic mass is 9.82. The van der Waals surface area contributed by atoms with Gasteiger partial charge in [0.25, 0.3) is 0 Å². The molecule has 8 aromatic carbocycles. The van der Waals surface area contributed by atoms with E-state index in [1.54, 1.807) is 0 Å². The van der Waals surface area contributed by atoms with Gasteiger partial charge in [0.1, 0.15) is 0 Å². The van der Waals surface area contributed by atoms with Crippen molar-refractivity contribution in [2.75, 3.05) is 4.90 Å². The highest BCUT2D eigenvalue weighted by molar-refractivity contribution is 7.25. The van der Waals surface area contributed by atoms with Crippen LogP contribution >= 0.6 is 11.3 Å². The Morgan fingerprint density at radius 1 is 0.474 bits per heavy atom. The first-order valence-electron chi connectivity index (χ1n) is 20.7. The molecule has 0 bridgehead atoms. The summed E-state index contributed by atoms with van der Waals surface area (Å²) >= 11 is 1.88. The summed E-state index contributed by atoms with van der Waals surface area (Å²) in [5, 5.41) is 5.11. The number of anilines is 3. The third kappa shape index (κ3) is 5.72. The van der Waals surface area contributed by atoms with Gasteiger partial charge in [-0.15, -0.1) is 11.3 Å². The molecule has 0 spiro atoms. The molecule has 1 saturated carbocycles. The van der Waals surface area contributed by atoms with Crippen LogP contribution in [0.2, 0.25) is 0 Å². The van der Waals surface area contributed by atoms with Gasteiger partial charge in [-0.05, 0) is 105 Å². The summed E-state index contributed by atoms with van der Waals surface area (Å²) in [6, 6.07) is 64.3. The molecule has 1 heterocycles. The van der Waals surface area contributed by atoms with Crippen molar-refractivity contribution in [3.8, 4) is 33.4 Å². The molecule has 2 heteroatoms. The lowest BCUT2D eigenvalue weighted by molar-refractivity contribution is 0.443. The standard InChI is InChI=1S/C55H45NS/c1-55(2)50-18-10-8-16-46(50)49-35-43(30-33-51(49)55)56(42-28-24-39(25-29-42)38-22-20-37(21-23-38)36-12-4-3-5-13-36)54-44-15-7-6-14-40(44)26-31-45(54)41-27-32-48-47-17-9-11-19-52(47)57-53(48)34-41/h6-11,14-36H,3-5,12-13H2,1-2H3. The van der Waals surface area contributed by atoms with Crippen molar-refractivity contribution in [1.82, 2.24) is 0 Å². The lowest BCUT2D eigenvalue weighted by Crippen LogP contribution is -2.15. The molecule has 0 saturated heterocycles. The summed E-state index contributed by atoms with van der Waals surface area (Å²) in [7, 11) is 0. The van der Waals surface area contributed by atoms with Crippen molar-refractivity contribution in [2.24, 2.45) is 0 Å². The number of nitrogens with zero attached hydrogens (tertiary/aromatic N) is 1. The van der Waals surface area contributed by atoms with E-state index in [0.717, 1.165) is 11.4 Å². The Balaban J connectivity index is 1.10. The van der Waals surface area contributed by atoms with E-state index in [1.165, 1.54) is 119 Å². The maximum atomic E-state index is 2.52. The van der Waals surface area contributed by atoms with Crippen molar-refractivity contribution in [3.63, 3.8) is 0 Å². The molecule has 1 aromatic heterocycles. The average Bonchev–Trinajstić information content (AvgIpc) is 3.75. The normalized spacial score (nSPS) is 14.9. The second-order valence-electron chi connectivity index (χ2n) is 16.7. The van der Waals surface area contributed by atoms with Gasteiger partial charge in [-0.3, -0.25) is 0 Å². The highest BCUT2D eigenvalue weighted by atomic mass is 32.1. The van der Waals surface area contributed by atoms with E-state index in [4.69, 9.17) is 0 Å². The molecule has 0 atom stereocenters. The van der Waals surface area contributed by atoms with Crippen LogP contribution in [0.3, 0.4) is 0 Å². The molecule has 1 fully saturated rings. The first kappa shape index (κ1) is 34.3. The Bertz CT molecular complexity index is 2960. The van der Waals surface area contributed by atoms with Crippen LogP contribution in [0, 0.1) is 0 Å². The molecule has 1 nitrogen and oxygen atoms in total. The Morgan fingerprint density at radius 3 is 1.95 bits per heavy atom. The van der Waals surface area contributed by atoms with E-state index in [9.17, 15) is 0 Å². The Morgan fingerprint density at radius 2 is 1.12 bits per heavy atom. The molecule has 11 rings (SSSR count). The Kier molecular flexibility index (Phi) is 8.19. The van der Waals surface area contributed by atoms with Crippen LogP contribution in [0.25, 0.3) is 64.3 Å². The molecule has 0 N–H and O–H groups in total. The highest BCUT2D eigenvalue weighted by Gasteiger charge is 2.36. The van der Waals surface area contributed by atoms with E-state index in [1.807, 2.05) is 11.3 Å². The first-order valence-corrected chi connectivity index (χ1v) is 21.5. The number of hydrogen-bond acceptors (Lipinski definition) is 2. The van der Waals surface area contributed by atoms with Crippen molar-refractivity contribution in [2.45, 2.75) is 57.3 Å². The van der Waals surface area contributed by atoms with E-state index in [0.29, 0.717) is 5.92 Å². The predicted octanol–water partition coefficient (Wildman–Crippen LogP) is 16.4. The second-order valence-corrected chi connectivity index (χ2v) is 17.8. The molecule has 0 unspecified atom stereocenters. The molecule has 276 valence electrons. The molecule has 0 radical (unpaired) electrons. The number of thiophene rings is 1. The third-order valence-corrected chi connectivity index (χ3v) is 14.2. The van der Waals surface area contributed by atoms with Crippen LogP contribution in [-0.2, 0) is 5.41 Å². The topological polar surface area (TPSA) is 3.24 Å². The van der Waals surface area contributed by atoms with Crippen LogP contribution in [0.1, 0.15) is 68.6 Å². The summed E-state index contributed by atoms with van der Waals surface area (Å²) < 4.78 is 2.64. The minimum absolute atomic E-state index is 0.0618. The van der Waals surface area contributed by atoms with Gasteiger partial charge in [0.05, 0.1) is 5.69 Å². The lowest BCUT2D eigenvalue weighted by Gasteiger charge is -2.30. The fourth-order valence-electron chi connectivity index (χ4n) is 10.1. The summed E-state index contributed by atoms with van der Waals surface area (Å²) in [6.45, 7) is 4.73. The number of hydrogen-bond donors (Lipinski definition) is 0. The minimum atomic E-state index is -0.0618. The van der Waals surface area contributed by atoms with Gasteiger partial charge in [-0.25, -0.2) is 0 Å². The average molecular weight is 752 g/mol. The fourth-order valence-corrected chi connectivity index (χ4v) is 11.2. The third-order valence-electron chi connectivity index (χ3n) is 13.1. The second kappa shape index (κ2) is 13.6. The van der Waals surface area contributed by atoms with Gasteiger partial charge in [0.2, 0.25) is 0 Å². The van der Waals surface area contributed by atoms with Gasteiger partial charge < -0.3 is 4.90 Å². The monoisotopic (exact) mass is 751 g/mol. The summed E-state index contributed by atoms with van der Waals surface area (Å²) in [4.78, 5) is 2.52. The maximum absolute atomic E-state index is 2.52. The van der Waals surface area contributed by atoms with Crippen LogP contribution in [0.15, 0.2) is 170 Å². The predicted molar refractivity (Wildman–Crippen MR) is 246 cm³/mol. The van der Waals surface area contributed by atoms with Crippen molar-refractivity contribution >= 4 is 59.3 Å². The molecule has 2 aliphatic carbocycles. The molecule has 2 aliphatic rings.